The monoisotopic (exact) mass is 356 g/mol. The number of anilines is 2. The first-order chi connectivity index (χ1) is 12.1. The van der Waals surface area contributed by atoms with Crippen molar-refractivity contribution in [3.8, 4) is 0 Å². The molecular weight excluding hydrogens is 340 g/mol. The van der Waals surface area contributed by atoms with Gasteiger partial charge in [0.15, 0.2) is 0 Å². The van der Waals surface area contributed by atoms with Gasteiger partial charge in [0.05, 0.1) is 29.1 Å². The summed E-state index contributed by atoms with van der Waals surface area (Å²) in [6, 6.07) is 7.84. The van der Waals surface area contributed by atoms with Crippen LogP contribution in [0.3, 0.4) is 0 Å². The SMILES string of the molecule is Cn1ncc(N2CCN(c3cnc4ccccc4n3)CC2)c(Cl)c1=O. The van der Waals surface area contributed by atoms with Crippen LogP contribution in [0.15, 0.2) is 41.5 Å². The summed E-state index contributed by atoms with van der Waals surface area (Å²) < 4.78 is 1.24. The number of aryl methyl sites for hydroxylation is 1. The Morgan fingerprint density at radius 2 is 1.68 bits per heavy atom. The fraction of sp³-hybridized carbons (Fsp3) is 0.294. The van der Waals surface area contributed by atoms with Crippen LogP contribution in [0.5, 0.6) is 0 Å². The van der Waals surface area contributed by atoms with Gasteiger partial charge >= 0.3 is 0 Å². The van der Waals surface area contributed by atoms with Crippen LogP contribution in [0, 0.1) is 0 Å². The number of benzene rings is 1. The summed E-state index contributed by atoms with van der Waals surface area (Å²) in [6.45, 7) is 3.03. The maximum atomic E-state index is 12.0. The molecule has 0 spiro atoms. The molecule has 8 heteroatoms. The van der Waals surface area contributed by atoms with E-state index in [2.05, 4.69) is 19.9 Å². The molecule has 1 aromatic carbocycles. The number of nitrogens with zero attached hydrogens (tertiary/aromatic N) is 6. The highest BCUT2D eigenvalue weighted by molar-refractivity contribution is 6.33. The van der Waals surface area contributed by atoms with Crippen LogP contribution < -0.4 is 15.4 Å². The highest BCUT2D eigenvalue weighted by Gasteiger charge is 2.22. The van der Waals surface area contributed by atoms with Gasteiger partial charge in [-0.3, -0.25) is 9.78 Å². The minimum atomic E-state index is -0.276. The van der Waals surface area contributed by atoms with Crippen molar-refractivity contribution >= 4 is 34.1 Å². The normalized spacial score (nSPS) is 15.0. The number of fused-ring (bicyclic) bond motifs is 1. The van der Waals surface area contributed by atoms with Crippen molar-refractivity contribution in [3.63, 3.8) is 0 Å². The molecule has 0 atom stereocenters. The van der Waals surface area contributed by atoms with E-state index in [1.807, 2.05) is 30.5 Å². The van der Waals surface area contributed by atoms with Gasteiger partial charge in [-0.2, -0.15) is 5.10 Å². The molecule has 128 valence electrons. The molecule has 1 aliphatic rings. The molecule has 3 aromatic rings. The highest BCUT2D eigenvalue weighted by Crippen LogP contribution is 2.24. The lowest BCUT2D eigenvalue weighted by atomic mass is 10.2. The van der Waals surface area contributed by atoms with Crippen molar-refractivity contribution in [2.75, 3.05) is 36.0 Å². The molecule has 1 fully saturated rings. The van der Waals surface area contributed by atoms with Crippen LogP contribution in [0.25, 0.3) is 11.0 Å². The van der Waals surface area contributed by atoms with Crippen LogP contribution >= 0.6 is 11.6 Å². The quantitative estimate of drug-likeness (QED) is 0.696. The Hall–Kier alpha value is -2.67. The molecule has 0 N–H and O–H groups in total. The molecule has 2 aromatic heterocycles. The van der Waals surface area contributed by atoms with Gasteiger partial charge in [-0.25, -0.2) is 9.67 Å². The molecule has 0 saturated carbocycles. The molecule has 4 rings (SSSR count). The Bertz CT molecular complexity index is 980. The molecule has 0 aliphatic carbocycles. The maximum absolute atomic E-state index is 12.0. The molecular formula is C17H17ClN6O. The lowest BCUT2D eigenvalue weighted by molar-refractivity contribution is 0.638. The molecule has 25 heavy (non-hydrogen) atoms. The number of hydrogen-bond acceptors (Lipinski definition) is 6. The van der Waals surface area contributed by atoms with Crippen LogP contribution in [0.2, 0.25) is 5.02 Å². The van der Waals surface area contributed by atoms with Crippen LogP contribution in [0.1, 0.15) is 0 Å². The summed E-state index contributed by atoms with van der Waals surface area (Å²) >= 11 is 6.20. The summed E-state index contributed by atoms with van der Waals surface area (Å²) in [5.74, 6) is 0.867. The summed E-state index contributed by atoms with van der Waals surface area (Å²) in [7, 11) is 1.59. The zero-order chi connectivity index (χ0) is 17.4. The third-order valence-corrected chi connectivity index (χ3v) is 4.80. The van der Waals surface area contributed by atoms with E-state index in [1.165, 1.54) is 4.68 Å². The van der Waals surface area contributed by atoms with Crippen molar-refractivity contribution in [2.24, 2.45) is 7.05 Å². The maximum Gasteiger partial charge on any atom is 0.287 e. The van der Waals surface area contributed by atoms with Crippen molar-refractivity contribution in [1.29, 1.82) is 0 Å². The van der Waals surface area contributed by atoms with Gasteiger partial charge < -0.3 is 9.80 Å². The molecule has 3 heterocycles. The van der Waals surface area contributed by atoms with E-state index in [1.54, 1.807) is 13.2 Å². The van der Waals surface area contributed by atoms with Crippen molar-refractivity contribution in [2.45, 2.75) is 0 Å². The van der Waals surface area contributed by atoms with E-state index >= 15 is 0 Å². The van der Waals surface area contributed by atoms with E-state index in [9.17, 15) is 4.79 Å². The fourth-order valence-corrected chi connectivity index (χ4v) is 3.29. The van der Waals surface area contributed by atoms with E-state index in [4.69, 9.17) is 16.6 Å². The zero-order valence-corrected chi connectivity index (χ0v) is 14.5. The van der Waals surface area contributed by atoms with Crippen molar-refractivity contribution in [3.05, 3.63) is 52.0 Å². The van der Waals surface area contributed by atoms with Gasteiger partial charge in [0, 0.05) is 33.2 Å². The second-order valence-electron chi connectivity index (χ2n) is 5.96. The summed E-state index contributed by atoms with van der Waals surface area (Å²) in [4.78, 5) is 25.4. The Kier molecular flexibility index (Phi) is 4.01. The summed E-state index contributed by atoms with van der Waals surface area (Å²) in [5, 5.41) is 4.29. The third-order valence-electron chi connectivity index (χ3n) is 4.44. The topological polar surface area (TPSA) is 67.2 Å². The van der Waals surface area contributed by atoms with Gasteiger partial charge in [0.1, 0.15) is 10.8 Å². The second-order valence-corrected chi connectivity index (χ2v) is 6.34. The Balaban J connectivity index is 1.53. The number of rotatable bonds is 2. The highest BCUT2D eigenvalue weighted by atomic mass is 35.5. The van der Waals surface area contributed by atoms with Gasteiger partial charge in [-0.1, -0.05) is 23.7 Å². The minimum Gasteiger partial charge on any atom is -0.365 e. The largest absolute Gasteiger partial charge is 0.365 e. The molecule has 0 amide bonds. The minimum absolute atomic E-state index is 0.219. The van der Waals surface area contributed by atoms with Crippen LogP contribution in [-0.4, -0.2) is 45.9 Å². The molecule has 1 saturated heterocycles. The average molecular weight is 357 g/mol. The Morgan fingerprint density at radius 3 is 2.44 bits per heavy atom. The number of halogens is 1. The van der Waals surface area contributed by atoms with Crippen LogP contribution in [-0.2, 0) is 7.05 Å². The second kappa shape index (κ2) is 6.33. The van der Waals surface area contributed by atoms with Gasteiger partial charge in [0.2, 0.25) is 0 Å². The molecule has 0 unspecified atom stereocenters. The molecule has 0 radical (unpaired) electrons. The first-order valence-electron chi connectivity index (χ1n) is 8.07. The predicted molar refractivity (Wildman–Crippen MR) is 98.5 cm³/mol. The Labute approximate surface area is 149 Å². The number of piperazine rings is 1. The zero-order valence-electron chi connectivity index (χ0n) is 13.8. The van der Waals surface area contributed by atoms with Crippen LogP contribution in [0.4, 0.5) is 11.5 Å². The van der Waals surface area contributed by atoms with Crippen molar-refractivity contribution in [1.82, 2.24) is 19.7 Å². The number of aromatic nitrogens is 4. The number of para-hydroxylation sites is 2. The standard InChI is InChI=1S/C17H17ClN6O/c1-22-17(25)16(18)14(10-20-22)23-6-8-24(9-7-23)15-11-19-12-4-2-3-5-13(12)21-15/h2-5,10-11H,6-9H2,1H3. The molecule has 7 nitrogen and oxygen atoms in total. The number of hydrogen-bond donors (Lipinski definition) is 0. The lowest BCUT2D eigenvalue weighted by Gasteiger charge is -2.36. The smallest absolute Gasteiger partial charge is 0.287 e. The third kappa shape index (κ3) is 2.91. The van der Waals surface area contributed by atoms with Gasteiger partial charge in [-0.05, 0) is 12.1 Å². The van der Waals surface area contributed by atoms with E-state index in [0.717, 1.165) is 43.0 Å². The van der Waals surface area contributed by atoms with Gasteiger partial charge in [-0.15, -0.1) is 0 Å². The average Bonchev–Trinajstić information content (AvgIpc) is 2.66. The van der Waals surface area contributed by atoms with E-state index in [-0.39, 0.29) is 10.6 Å². The predicted octanol–water partition coefficient (Wildman–Crippen LogP) is 1.70. The Morgan fingerprint density at radius 1 is 1.00 bits per heavy atom. The lowest BCUT2D eigenvalue weighted by Crippen LogP contribution is -2.47. The summed E-state index contributed by atoms with van der Waals surface area (Å²) in [6.07, 6.45) is 3.46. The molecule has 1 aliphatic heterocycles. The molecule has 0 bridgehead atoms. The fourth-order valence-electron chi connectivity index (χ4n) is 3.00. The van der Waals surface area contributed by atoms with E-state index < -0.39 is 0 Å². The first-order valence-corrected chi connectivity index (χ1v) is 8.45. The van der Waals surface area contributed by atoms with E-state index in [0.29, 0.717) is 5.69 Å². The van der Waals surface area contributed by atoms with Crippen molar-refractivity contribution < 1.29 is 0 Å². The summed E-state index contributed by atoms with van der Waals surface area (Å²) in [5.41, 5.74) is 2.19. The first kappa shape index (κ1) is 15.8. The van der Waals surface area contributed by atoms with Gasteiger partial charge in [0.25, 0.3) is 5.56 Å².